The van der Waals surface area contributed by atoms with E-state index < -0.39 is 0 Å². The van der Waals surface area contributed by atoms with Crippen molar-refractivity contribution >= 4 is 11.6 Å². The second kappa shape index (κ2) is 4.75. The van der Waals surface area contributed by atoms with Crippen molar-refractivity contribution in [2.24, 2.45) is 5.73 Å². The summed E-state index contributed by atoms with van der Waals surface area (Å²) in [5.74, 6) is 0.133. The molecule has 1 amide bonds. The van der Waals surface area contributed by atoms with Gasteiger partial charge in [-0.05, 0) is 24.6 Å². The van der Waals surface area contributed by atoms with Crippen molar-refractivity contribution in [3.63, 3.8) is 0 Å². The molecule has 1 aliphatic rings. The summed E-state index contributed by atoms with van der Waals surface area (Å²) in [5.41, 5.74) is 8.01. The van der Waals surface area contributed by atoms with Gasteiger partial charge >= 0.3 is 0 Å². The van der Waals surface area contributed by atoms with Crippen LogP contribution < -0.4 is 10.6 Å². The third-order valence-electron chi connectivity index (χ3n) is 3.34. The van der Waals surface area contributed by atoms with Gasteiger partial charge in [-0.3, -0.25) is 4.79 Å². The Hall–Kier alpha value is -1.55. The third kappa shape index (κ3) is 2.42. The number of amides is 1. The third-order valence-corrected chi connectivity index (χ3v) is 3.34. The Bertz CT molecular complexity index is 419. The van der Waals surface area contributed by atoms with Crippen molar-refractivity contribution in [1.82, 2.24) is 4.90 Å². The lowest BCUT2D eigenvalue weighted by molar-refractivity contribution is -0.131. The molecule has 1 aromatic carbocycles. The zero-order valence-electron chi connectivity index (χ0n) is 10.4. The molecule has 1 saturated heterocycles. The van der Waals surface area contributed by atoms with Gasteiger partial charge in [-0.2, -0.15) is 0 Å². The van der Waals surface area contributed by atoms with Gasteiger partial charge in [0.05, 0.1) is 12.6 Å². The maximum atomic E-state index is 11.9. The quantitative estimate of drug-likeness (QED) is 0.814. The molecule has 1 aliphatic heterocycles. The standard InChI is InChI=1S/C13H19N3O/c1-10-4-3-5-11(6-10)16-8-12(7-14)15(2)13(17)9-16/h3-6,12H,7-9,14H2,1-2H3. The lowest BCUT2D eigenvalue weighted by Crippen LogP contribution is -2.57. The molecule has 1 heterocycles. The van der Waals surface area contributed by atoms with Crippen LogP contribution >= 0.6 is 0 Å². The van der Waals surface area contributed by atoms with Crippen LogP contribution in [0.3, 0.4) is 0 Å². The Balaban J connectivity index is 2.20. The van der Waals surface area contributed by atoms with Gasteiger partial charge in [0.15, 0.2) is 0 Å². The van der Waals surface area contributed by atoms with Crippen molar-refractivity contribution < 1.29 is 4.79 Å². The Labute approximate surface area is 102 Å². The van der Waals surface area contributed by atoms with E-state index >= 15 is 0 Å². The van der Waals surface area contributed by atoms with Crippen LogP contribution in [0.1, 0.15) is 5.56 Å². The molecule has 1 fully saturated rings. The SMILES string of the molecule is Cc1cccc(N2CC(=O)N(C)C(CN)C2)c1. The van der Waals surface area contributed by atoms with Crippen LogP contribution in [0.5, 0.6) is 0 Å². The molecular weight excluding hydrogens is 214 g/mol. The maximum Gasteiger partial charge on any atom is 0.242 e. The average molecular weight is 233 g/mol. The highest BCUT2D eigenvalue weighted by Gasteiger charge is 2.28. The summed E-state index contributed by atoms with van der Waals surface area (Å²) in [6.45, 7) is 3.81. The van der Waals surface area contributed by atoms with Gasteiger partial charge in [0.1, 0.15) is 0 Å². The highest BCUT2D eigenvalue weighted by Crippen LogP contribution is 2.19. The summed E-state index contributed by atoms with van der Waals surface area (Å²) in [6, 6.07) is 8.33. The van der Waals surface area contributed by atoms with Crippen LogP contribution in [0.2, 0.25) is 0 Å². The number of rotatable bonds is 2. The van der Waals surface area contributed by atoms with Crippen LogP contribution in [0.25, 0.3) is 0 Å². The summed E-state index contributed by atoms with van der Waals surface area (Å²) >= 11 is 0. The highest BCUT2D eigenvalue weighted by atomic mass is 16.2. The van der Waals surface area contributed by atoms with Crippen molar-refractivity contribution in [3.05, 3.63) is 29.8 Å². The van der Waals surface area contributed by atoms with Gasteiger partial charge < -0.3 is 15.5 Å². The summed E-state index contributed by atoms with van der Waals surface area (Å²) in [4.78, 5) is 15.7. The number of likely N-dealkylation sites (N-methyl/N-ethyl adjacent to an activating group) is 1. The topological polar surface area (TPSA) is 49.6 Å². The Morgan fingerprint density at radius 3 is 2.88 bits per heavy atom. The number of hydrogen-bond donors (Lipinski definition) is 1. The molecule has 17 heavy (non-hydrogen) atoms. The molecule has 1 unspecified atom stereocenters. The number of piperazine rings is 1. The molecule has 0 radical (unpaired) electrons. The first kappa shape index (κ1) is 11.9. The van der Waals surface area contributed by atoms with Gasteiger partial charge in [0.25, 0.3) is 0 Å². The first-order valence-electron chi connectivity index (χ1n) is 5.89. The van der Waals surface area contributed by atoms with Crippen molar-refractivity contribution in [2.75, 3.05) is 31.6 Å². The van der Waals surface area contributed by atoms with Crippen LogP contribution in [-0.2, 0) is 4.79 Å². The van der Waals surface area contributed by atoms with E-state index in [-0.39, 0.29) is 11.9 Å². The second-order valence-electron chi connectivity index (χ2n) is 4.61. The van der Waals surface area contributed by atoms with E-state index in [9.17, 15) is 4.79 Å². The van der Waals surface area contributed by atoms with Gasteiger partial charge in [0, 0.05) is 25.8 Å². The van der Waals surface area contributed by atoms with Crippen molar-refractivity contribution in [2.45, 2.75) is 13.0 Å². The normalized spacial score (nSPS) is 20.9. The Morgan fingerprint density at radius 1 is 1.47 bits per heavy atom. The monoisotopic (exact) mass is 233 g/mol. The first-order chi connectivity index (χ1) is 8.11. The zero-order valence-corrected chi connectivity index (χ0v) is 10.4. The molecule has 0 aliphatic carbocycles. The number of carbonyl (C=O) groups excluding carboxylic acids is 1. The molecular formula is C13H19N3O. The number of benzene rings is 1. The van der Waals surface area contributed by atoms with Crippen LogP contribution in [0, 0.1) is 6.92 Å². The number of hydrogen-bond acceptors (Lipinski definition) is 3. The van der Waals surface area contributed by atoms with E-state index in [4.69, 9.17) is 5.73 Å². The van der Waals surface area contributed by atoms with Crippen LogP contribution in [0.15, 0.2) is 24.3 Å². The minimum absolute atomic E-state index is 0.108. The fourth-order valence-corrected chi connectivity index (χ4v) is 2.17. The molecule has 1 aromatic rings. The molecule has 2 rings (SSSR count). The Morgan fingerprint density at radius 2 is 2.24 bits per heavy atom. The van der Waals surface area contributed by atoms with Crippen LogP contribution in [-0.4, -0.2) is 43.5 Å². The molecule has 4 nitrogen and oxygen atoms in total. The summed E-state index contributed by atoms with van der Waals surface area (Å²) in [7, 11) is 1.83. The fraction of sp³-hybridized carbons (Fsp3) is 0.462. The van der Waals surface area contributed by atoms with E-state index in [0.29, 0.717) is 13.1 Å². The molecule has 0 spiro atoms. The van der Waals surface area contributed by atoms with Gasteiger partial charge in [-0.15, -0.1) is 0 Å². The highest BCUT2D eigenvalue weighted by molar-refractivity contribution is 5.83. The van der Waals surface area contributed by atoms with Crippen molar-refractivity contribution in [3.8, 4) is 0 Å². The minimum Gasteiger partial charge on any atom is -0.360 e. The number of carbonyl (C=O) groups is 1. The van der Waals surface area contributed by atoms with E-state index in [1.54, 1.807) is 4.90 Å². The van der Waals surface area contributed by atoms with Gasteiger partial charge in [0.2, 0.25) is 5.91 Å². The molecule has 0 saturated carbocycles. The smallest absolute Gasteiger partial charge is 0.242 e. The predicted octanol–water partition coefficient (Wildman–Crippen LogP) is 0.601. The summed E-state index contributed by atoms with van der Waals surface area (Å²) < 4.78 is 0. The fourth-order valence-electron chi connectivity index (χ4n) is 2.17. The molecule has 4 heteroatoms. The molecule has 2 N–H and O–H groups in total. The van der Waals surface area contributed by atoms with E-state index in [2.05, 4.69) is 24.0 Å². The van der Waals surface area contributed by atoms with E-state index in [1.165, 1.54) is 5.56 Å². The molecule has 92 valence electrons. The van der Waals surface area contributed by atoms with E-state index in [0.717, 1.165) is 12.2 Å². The number of anilines is 1. The lowest BCUT2D eigenvalue weighted by Gasteiger charge is -2.39. The maximum absolute atomic E-state index is 11.9. The predicted molar refractivity (Wildman–Crippen MR) is 69.0 cm³/mol. The number of nitrogens with two attached hydrogens (primary N) is 1. The van der Waals surface area contributed by atoms with Crippen molar-refractivity contribution in [1.29, 1.82) is 0 Å². The molecule has 0 bridgehead atoms. The first-order valence-corrected chi connectivity index (χ1v) is 5.89. The average Bonchev–Trinajstić information content (AvgIpc) is 2.32. The lowest BCUT2D eigenvalue weighted by atomic mass is 10.1. The van der Waals surface area contributed by atoms with Crippen LogP contribution in [0.4, 0.5) is 5.69 Å². The molecule has 1 atom stereocenters. The zero-order chi connectivity index (χ0) is 12.4. The summed E-state index contributed by atoms with van der Waals surface area (Å²) in [6.07, 6.45) is 0. The van der Waals surface area contributed by atoms with Gasteiger partial charge in [-0.25, -0.2) is 0 Å². The minimum atomic E-state index is 0.108. The van der Waals surface area contributed by atoms with E-state index in [1.807, 2.05) is 19.2 Å². The van der Waals surface area contributed by atoms with Gasteiger partial charge in [-0.1, -0.05) is 12.1 Å². The summed E-state index contributed by atoms with van der Waals surface area (Å²) in [5, 5.41) is 0. The molecule has 0 aromatic heterocycles. The Kier molecular flexibility index (Phi) is 3.33. The largest absolute Gasteiger partial charge is 0.360 e. The second-order valence-corrected chi connectivity index (χ2v) is 4.61. The number of nitrogens with zero attached hydrogens (tertiary/aromatic N) is 2. The number of aryl methyl sites for hydroxylation is 1.